The van der Waals surface area contributed by atoms with Crippen LogP contribution in [0.15, 0.2) is 48.8 Å². The van der Waals surface area contributed by atoms with Gasteiger partial charge in [-0.3, -0.25) is 9.99 Å². The van der Waals surface area contributed by atoms with Crippen molar-refractivity contribution in [3.05, 3.63) is 65.5 Å². The van der Waals surface area contributed by atoms with E-state index in [9.17, 15) is 0 Å². The van der Waals surface area contributed by atoms with E-state index in [1.165, 1.54) is 16.7 Å². The van der Waals surface area contributed by atoms with Gasteiger partial charge in [-0.25, -0.2) is 5.43 Å². The summed E-state index contributed by atoms with van der Waals surface area (Å²) in [7, 11) is 3.71. The number of hydrogen-bond donors (Lipinski definition) is 2. The van der Waals surface area contributed by atoms with Crippen molar-refractivity contribution >= 4 is 17.6 Å². The van der Waals surface area contributed by atoms with Gasteiger partial charge in [0.05, 0.1) is 18.7 Å². The molecular weight excluding hydrogens is 390 g/mol. The van der Waals surface area contributed by atoms with E-state index in [-0.39, 0.29) is 6.04 Å². The van der Waals surface area contributed by atoms with Crippen LogP contribution < -0.4 is 25.4 Å². The van der Waals surface area contributed by atoms with Crippen molar-refractivity contribution in [1.82, 2.24) is 20.4 Å². The Morgan fingerprint density at radius 2 is 1.97 bits per heavy atom. The maximum atomic E-state index is 5.29. The van der Waals surface area contributed by atoms with Crippen molar-refractivity contribution in [1.29, 1.82) is 0 Å². The van der Waals surface area contributed by atoms with Crippen molar-refractivity contribution in [2.24, 2.45) is 0 Å². The summed E-state index contributed by atoms with van der Waals surface area (Å²) in [5.41, 5.74) is 7.14. The molecule has 1 aromatic carbocycles. The van der Waals surface area contributed by atoms with Gasteiger partial charge in [-0.2, -0.15) is 9.97 Å². The van der Waals surface area contributed by atoms with Gasteiger partial charge in [-0.05, 0) is 42.2 Å². The molecule has 0 aliphatic carbocycles. The lowest BCUT2D eigenvalue weighted by molar-refractivity contribution is 0.414. The third kappa shape index (κ3) is 3.98. The summed E-state index contributed by atoms with van der Waals surface area (Å²) in [4.78, 5) is 16.3. The number of aromatic nitrogens is 3. The van der Waals surface area contributed by atoms with E-state index < -0.39 is 0 Å². The summed E-state index contributed by atoms with van der Waals surface area (Å²) in [5, 5.41) is 5.43. The Morgan fingerprint density at radius 1 is 1.13 bits per heavy atom. The van der Waals surface area contributed by atoms with Gasteiger partial charge in [0.25, 0.3) is 0 Å². The summed E-state index contributed by atoms with van der Waals surface area (Å²) < 4.78 is 5.29. The van der Waals surface area contributed by atoms with Crippen LogP contribution in [0.1, 0.15) is 29.2 Å². The zero-order valence-electron chi connectivity index (χ0n) is 17.9. The molecule has 0 spiro atoms. The molecule has 0 saturated carbocycles. The van der Waals surface area contributed by atoms with Gasteiger partial charge in [0.1, 0.15) is 11.6 Å². The molecule has 2 aliphatic rings. The summed E-state index contributed by atoms with van der Waals surface area (Å²) in [6, 6.07) is 12.6. The van der Waals surface area contributed by atoms with E-state index in [0.717, 1.165) is 49.9 Å². The quantitative estimate of drug-likeness (QED) is 0.608. The smallest absolute Gasteiger partial charge is 0.226 e. The average molecular weight is 418 g/mol. The molecule has 1 unspecified atom stereocenters. The monoisotopic (exact) mass is 417 g/mol. The Morgan fingerprint density at radius 3 is 2.74 bits per heavy atom. The summed E-state index contributed by atoms with van der Waals surface area (Å²) in [5.74, 6) is 3.50. The predicted octanol–water partition coefficient (Wildman–Crippen LogP) is 2.94. The number of anilines is 3. The van der Waals surface area contributed by atoms with Crippen LogP contribution in [0, 0.1) is 0 Å². The molecule has 2 N–H and O–H groups in total. The van der Waals surface area contributed by atoms with E-state index in [1.807, 2.05) is 36.5 Å². The first-order chi connectivity index (χ1) is 15.2. The average Bonchev–Trinajstić information content (AvgIpc) is 3.13. The predicted molar refractivity (Wildman–Crippen MR) is 121 cm³/mol. The molecule has 0 amide bonds. The first-order valence-corrected chi connectivity index (χ1v) is 10.6. The Bertz CT molecular complexity index is 1040. The number of pyridine rings is 1. The van der Waals surface area contributed by atoms with Gasteiger partial charge in [0.2, 0.25) is 5.95 Å². The summed E-state index contributed by atoms with van der Waals surface area (Å²) in [6.07, 6.45) is 5.59. The van der Waals surface area contributed by atoms with Crippen LogP contribution in [0.4, 0.5) is 17.6 Å². The van der Waals surface area contributed by atoms with Crippen LogP contribution in [0.5, 0.6) is 5.75 Å². The Labute approximate surface area is 182 Å². The topological polar surface area (TPSA) is 78.4 Å². The number of rotatable bonds is 7. The van der Waals surface area contributed by atoms with E-state index in [4.69, 9.17) is 14.7 Å². The molecular formula is C23H27N7O. The summed E-state index contributed by atoms with van der Waals surface area (Å²) in [6.45, 7) is 2.50. The number of benzene rings is 1. The van der Waals surface area contributed by atoms with Gasteiger partial charge < -0.3 is 15.0 Å². The molecule has 0 bridgehead atoms. The third-order valence-electron chi connectivity index (χ3n) is 5.86. The van der Waals surface area contributed by atoms with Crippen LogP contribution in [-0.4, -0.2) is 42.2 Å². The van der Waals surface area contributed by atoms with Gasteiger partial charge in [0, 0.05) is 39.1 Å². The van der Waals surface area contributed by atoms with E-state index in [1.54, 1.807) is 13.3 Å². The fourth-order valence-electron chi connectivity index (χ4n) is 4.26. The molecule has 1 atom stereocenters. The molecule has 2 aliphatic heterocycles. The maximum absolute atomic E-state index is 5.29. The molecule has 5 rings (SSSR count). The highest BCUT2D eigenvalue weighted by Gasteiger charge is 2.37. The molecule has 0 radical (unpaired) electrons. The Hall–Kier alpha value is -3.39. The molecule has 8 nitrogen and oxygen atoms in total. The second-order valence-electron chi connectivity index (χ2n) is 7.95. The van der Waals surface area contributed by atoms with Crippen molar-refractivity contribution in [3.63, 3.8) is 0 Å². The van der Waals surface area contributed by atoms with Crippen molar-refractivity contribution in [2.75, 3.05) is 42.5 Å². The van der Waals surface area contributed by atoms with Crippen molar-refractivity contribution in [3.8, 4) is 5.75 Å². The summed E-state index contributed by atoms with van der Waals surface area (Å²) >= 11 is 0. The highest BCUT2D eigenvalue weighted by molar-refractivity contribution is 5.68. The first-order valence-electron chi connectivity index (χ1n) is 10.6. The molecule has 0 saturated heterocycles. The van der Waals surface area contributed by atoms with Gasteiger partial charge in [0.15, 0.2) is 5.82 Å². The number of ether oxygens (including phenoxy) is 1. The maximum Gasteiger partial charge on any atom is 0.226 e. The number of hydrogen-bond acceptors (Lipinski definition) is 8. The van der Waals surface area contributed by atoms with Crippen LogP contribution in [0.25, 0.3) is 0 Å². The van der Waals surface area contributed by atoms with Crippen LogP contribution >= 0.6 is 0 Å². The zero-order valence-corrected chi connectivity index (χ0v) is 17.9. The number of methoxy groups -OCH3 is 1. The van der Waals surface area contributed by atoms with Gasteiger partial charge in [-0.1, -0.05) is 18.2 Å². The number of nitrogens with one attached hydrogen (secondary N) is 2. The molecule has 160 valence electrons. The Balaban J connectivity index is 1.38. The Kier molecular flexibility index (Phi) is 5.30. The van der Waals surface area contributed by atoms with E-state index in [2.05, 4.69) is 38.8 Å². The van der Waals surface area contributed by atoms with Crippen LogP contribution in [0.3, 0.4) is 0 Å². The van der Waals surface area contributed by atoms with Crippen molar-refractivity contribution in [2.45, 2.75) is 25.4 Å². The second kappa shape index (κ2) is 8.39. The fraction of sp³-hybridized carbons (Fsp3) is 0.348. The van der Waals surface area contributed by atoms with E-state index >= 15 is 0 Å². The third-order valence-corrected chi connectivity index (χ3v) is 5.86. The molecule has 3 aromatic rings. The normalized spacial score (nSPS) is 16.9. The lowest BCUT2D eigenvalue weighted by Crippen LogP contribution is -2.36. The first kappa shape index (κ1) is 19.6. The number of hydrazine groups is 1. The fourth-order valence-corrected chi connectivity index (χ4v) is 4.26. The lowest BCUT2D eigenvalue weighted by Gasteiger charge is -2.32. The number of nitrogens with zero attached hydrogens (tertiary/aromatic N) is 5. The molecule has 31 heavy (non-hydrogen) atoms. The molecule has 2 aromatic heterocycles. The minimum atomic E-state index is 0.270. The lowest BCUT2D eigenvalue weighted by atomic mass is 10.0. The molecule has 0 fully saturated rings. The molecule has 8 heteroatoms. The van der Waals surface area contributed by atoms with Crippen LogP contribution in [0.2, 0.25) is 0 Å². The van der Waals surface area contributed by atoms with E-state index in [0.29, 0.717) is 5.95 Å². The largest absolute Gasteiger partial charge is 0.497 e. The minimum absolute atomic E-state index is 0.270. The zero-order chi connectivity index (χ0) is 21.2. The standard InChI is InChI=1S/C23H27N7O/c1-29-21-20-19(28-29)10-13-30(15-17-5-7-18(31-2)8-6-17)22(20)27-23(26-21)25-12-9-16-4-3-11-24-14-16/h3-8,11,14,19,28H,9-10,12-13,15H2,1-2H3,(H,25,26,27). The second-order valence-corrected chi connectivity index (χ2v) is 7.95. The highest BCUT2D eigenvalue weighted by Crippen LogP contribution is 2.43. The SMILES string of the molecule is COc1ccc(CN2CCC3NN(C)c4nc(NCCc5cccnc5)nc2c43)cc1. The van der Waals surface area contributed by atoms with Gasteiger partial charge in [-0.15, -0.1) is 0 Å². The van der Waals surface area contributed by atoms with Gasteiger partial charge >= 0.3 is 0 Å². The van der Waals surface area contributed by atoms with Crippen LogP contribution in [-0.2, 0) is 13.0 Å². The minimum Gasteiger partial charge on any atom is -0.497 e. The van der Waals surface area contributed by atoms with Crippen molar-refractivity contribution < 1.29 is 4.74 Å². The highest BCUT2D eigenvalue weighted by atomic mass is 16.5. The molecule has 4 heterocycles.